The fourth-order valence-corrected chi connectivity index (χ4v) is 2.70. The van der Waals surface area contributed by atoms with Crippen molar-refractivity contribution in [2.45, 2.75) is 39.4 Å². The number of esters is 1. The maximum Gasteiger partial charge on any atom is 0.311 e. The van der Waals surface area contributed by atoms with Gasteiger partial charge in [0.15, 0.2) is 0 Å². The quantitative estimate of drug-likeness (QED) is 0.684. The van der Waals surface area contributed by atoms with Crippen molar-refractivity contribution in [1.82, 2.24) is 9.97 Å². The summed E-state index contributed by atoms with van der Waals surface area (Å²) in [4.78, 5) is 19.7. The second-order valence-corrected chi connectivity index (χ2v) is 6.26. The molecule has 0 fully saturated rings. The predicted octanol–water partition coefficient (Wildman–Crippen LogP) is 4.20. The van der Waals surface area contributed by atoms with Crippen molar-refractivity contribution in [2.24, 2.45) is 0 Å². The van der Waals surface area contributed by atoms with Crippen molar-refractivity contribution in [3.05, 3.63) is 59.9 Å². The molecule has 25 heavy (non-hydrogen) atoms. The Balaban J connectivity index is 1.62. The number of fused-ring (bicyclic) bond motifs is 1. The lowest BCUT2D eigenvalue weighted by Gasteiger charge is -2.15. The van der Waals surface area contributed by atoms with Gasteiger partial charge in [-0.1, -0.05) is 12.1 Å². The van der Waals surface area contributed by atoms with Gasteiger partial charge in [0.25, 0.3) is 0 Å². The zero-order chi connectivity index (χ0) is 17.8. The molecule has 0 aliphatic carbocycles. The second kappa shape index (κ2) is 7.38. The molecule has 0 radical (unpaired) electrons. The SMILES string of the molecule is CC(C)Oc1ccc([C@H](C)OC(=O)Cc2c[nH]c3cccnc23)cc1. The van der Waals surface area contributed by atoms with E-state index in [1.54, 1.807) is 6.20 Å². The molecule has 0 bridgehead atoms. The Morgan fingerprint density at radius 1 is 1.16 bits per heavy atom. The van der Waals surface area contributed by atoms with Crippen LogP contribution in [0.5, 0.6) is 5.75 Å². The first-order chi connectivity index (χ1) is 12.0. The van der Waals surface area contributed by atoms with E-state index in [9.17, 15) is 4.79 Å². The zero-order valence-corrected chi connectivity index (χ0v) is 14.7. The molecule has 0 amide bonds. The Morgan fingerprint density at radius 2 is 1.92 bits per heavy atom. The van der Waals surface area contributed by atoms with Gasteiger partial charge in [0.05, 0.1) is 23.6 Å². The summed E-state index contributed by atoms with van der Waals surface area (Å²) in [5.74, 6) is 0.531. The molecule has 130 valence electrons. The van der Waals surface area contributed by atoms with Crippen LogP contribution in [0.2, 0.25) is 0 Å². The number of nitrogens with zero attached hydrogens (tertiary/aromatic N) is 1. The van der Waals surface area contributed by atoms with E-state index in [1.807, 2.05) is 63.4 Å². The summed E-state index contributed by atoms with van der Waals surface area (Å²) in [7, 11) is 0. The van der Waals surface area contributed by atoms with E-state index in [-0.39, 0.29) is 24.6 Å². The summed E-state index contributed by atoms with van der Waals surface area (Å²) in [6.45, 7) is 5.83. The van der Waals surface area contributed by atoms with E-state index < -0.39 is 0 Å². The number of hydrogen-bond acceptors (Lipinski definition) is 4. The third kappa shape index (κ3) is 4.18. The number of H-pyrrole nitrogens is 1. The molecular weight excluding hydrogens is 316 g/mol. The van der Waals surface area contributed by atoms with Gasteiger partial charge >= 0.3 is 5.97 Å². The number of ether oxygens (including phenoxy) is 2. The van der Waals surface area contributed by atoms with Gasteiger partial charge in [-0.25, -0.2) is 0 Å². The number of rotatable bonds is 6. The molecule has 0 aliphatic heterocycles. The van der Waals surface area contributed by atoms with E-state index >= 15 is 0 Å². The topological polar surface area (TPSA) is 64.2 Å². The number of carbonyl (C=O) groups excluding carboxylic acids is 1. The molecule has 1 N–H and O–H groups in total. The number of aromatic amines is 1. The van der Waals surface area contributed by atoms with Gasteiger partial charge in [-0.2, -0.15) is 0 Å². The van der Waals surface area contributed by atoms with Crippen LogP contribution in [0.1, 0.15) is 38.0 Å². The standard InChI is InChI=1S/C20H22N2O3/c1-13(2)24-17-8-6-15(7-9-17)14(3)25-19(23)11-16-12-22-18-5-4-10-21-20(16)18/h4-10,12-14,22H,11H2,1-3H3/t14-/m0/s1. The van der Waals surface area contributed by atoms with Crippen LogP contribution in [0.3, 0.4) is 0 Å². The van der Waals surface area contributed by atoms with Gasteiger partial charge in [0.1, 0.15) is 11.9 Å². The molecule has 3 rings (SSSR count). The van der Waals surface area contributed by atoms with Crippen LogP contribution >= 0.6 is 0 Å². The minimum Gasteiger partial charge on any atom is -0.491 e. The van der Waals surface area contributed by atoms with Crippen LogP contribution in [0, 0.1) is 0 Å². The lowest BCUT2D eigenvalue weighted by atomic mass is 10.1. The van der Waals surface area contributed by atoms with E-state index in [1.165, 1.54) is 0 Å². The van der Waals surface area contributed by atoms with Crippen LogP contribution in [0.4, 0.5) is 0 Å². The average molecular weight is 338 g/mol. The number of benzene rings is 1. The molecule has 3 aromatic rings. The molecule has 0 saturated heterocycles. The van der Waals surface area contributed by atoms with Crippen LogP contribution in [0.25, 0.3) is 11.0 Å². The largest absolute Gasteiger partial charge is 0.491 e. The van der Waals surface area contributed by atoms with Gasteiger partial charge in [0, 0.05) is 18.0 Å². The van der Waals surface area contributed by atoms with Gasteiger partial charge < -0.3 is 14.5 Å². The van der Waals surface area contributed by atoms with Crippen molar-refractivity contribution in [1.29, 1.82) is 0 Å². The third-order valence-electron chi connectivity index (χ3n) is 3.88. The number of carbonyl (C=O) groups is 1. The summed E-state index contributed by atoms with van der Waals surface area (Å²) < 4.78 is 11.2. The van der Waals surface area contributed by atoms with Crippen LogP contribution in [-0.2, 0) is 16.0 Å². The van der Waals surface area contributed by atoms with Gasteiger partial charge in [-0.05, 0) is 50.6 Å². The Labute approximate surface area is 147 Å². The maximum absolute atomic E-state index is 12.3. The highest BCUT2D eigenvalue weighted by atomic mass is 16.5. The summed E-state index contributed by atoms with van der Waals surface area (Å²) >= 11 is 0. The Hall–Kier alpha value is -2.82. The molecule has 5 heteroatoms. The Bertz CT molecular complexity index is 853. The lowest BCUT2D eigenvalue weighted by molar-refractivity contribution is -0.147. The molecule has 0 saturated carbocycles. The van der Waals surface area contributed by atoms with Crippen LogP contribution < -0.4 is 4.74 Å². The molecule has 0 aliphatic rings. The Morgan fingerprint density at radius 3 is 2.64 bits per heavy atom. The summed E-state index contributed by atoms with van der Waals surface area (Å²) in [6.07, 6.45) is 3.52. The lowest BCUT2D eigenvalue weighted by Crippen LogP contribution is -2.11. The second-order valence-electron chi connectivity index (χ2n) is 6.26. The number of aromatic nitrogens is 2. The fourth-order valence-electron chi connectivity index (χ4n) is 2.70. The third-order valence-corrected chi connectivity index (χ3v) is 3.88. The molecule has 5 nitrogen and oxygen atoms in total. The minimum atomic E-state index is -0.321. The maximum atomic E-state index is 12.3. The first kappa shape index (κ1) is 17.0. The molecule has 0 spiro atoms. The summed E-state index contributed by atoms with van der Waals surface area (Å²) in [5.41, 5.74) is 3.50. The van der Waals surface area contributed by atoms with Crippen LogP contribution in [0.15, 0.2) is 48.8 Å². The zero-order valence-electron chi connectivity index (χ0n) is 14.7. The number of hydrogen-bond donors (Lipinski definition) is 1. The van der Waals surface area contributed by atoms with Crippen LogP contribution in [-0.4, -0.2) is 22.0 Å². The van der Waals surface area contributed by atoms with Gasteiger partial charge in [-0.15, -0.1) is 0 Å². The highest BCUT2D eigenvalue weighted by molar-refractivity contribution is 5.84. The average Bonchev–Trinajstić information content (AvgIpc) is 2.98. The monoisotopic (exact) mass is 338 g/mol. The van der Waals surface area contributed by atoms with E-state index in [2.05, 4.69) is 9.97 Å². The van der Waals surface area contributed by atoms with Gasteiger partial charge in [0.2, 0.25) is 0 Å². The summed E-state index contributed by atoms with van der Waals surface area (Å²) in [6, 6.07) is 11.4. The highest BCUT2D eigenvalue weighted by Crippen LogP contribution is 2.22. The molecule has 0 unspecified atom stereocenters. The first-order valence-electron chi connectivity index (χ1n) is 8.40. The fraction of sp³-hybridized carbons (Fsp3) is 0.300. The Kier molecular flexibility index (Phi) is 5.03. The minimum absolute atomic E-state index is 0.130. The van der Waals surface area contributed by atoms with E-state index in [0.717, 1.165) is 27.9 Å². The molecule has 2 aromatic heterocycles. The van der Waals surface area contributed by atoms with E-state index in [4.69, 9.17) is 9.47 Å². The van der Waals surface area contributed by atoms with Crippen molar-refractivity contribution in [3.8, 4) is 5.75 Å². The molecular formula is C20H22N2O3. The van der Waals surface area contributed by atoms with Crippen molar-refractivity contribution in [3.63, 3.8) is 0 Å². The summed E-state index contributed by atoms with van der Waals surface area (Å²) in [5, 5.41) is 0. The molecule has 2 heterocycles. The van der Waals surface area contributed by atoms with Gasteiger partial charge in [-0.3, -0.25) is 9.78 Å². The first-order valence-corrected chi connectivity index (χ1v) is 8.40. The van der Waals surface area contributed by atoms with Crippen molar-refractivity contribution >= 4 is 17.0 Å². The van der Waals surface area contributed by atoms with Crippen molar-refractivity contribution < 1.29 is 14.3 Å². The predicted molar refractivity (Wildman–Crippen MR) is 96.5 cm³/mol. The number of pyridine rings is 1. The molecule has 1 aromatic carbocycles. The molecule has 1 atom stereocenters. The smallest absolute Gasteiger partial charge is 0.311 e. The van der Waals surface area contributed by atoms with E-state index in [0.29, 0.717) is 0 Å². The number of nitrogens with one attached hydrogen (secondary N) is 1. The highest BCUT2D eigenvalue weighted by Gasteiger charge is 2.15. The normalized spacial score (nSPS) is 12.3. The van der Waals surface area contributed by atoms with Crippen molar-refractivity contribution in [2.75, 3.05) is 0 Å².